The number of benzene rings is 10. The van der Waals surface area contributed by atoms with Crippen LogP contribution in [0.4, 0.5) is 22.7 Å². The number of amides is 4. The maximum absolute atomic E-state index is 13.5. The quantitative estimate of drug-likeness (QED) is 0.00685. The summed E-state index contributed by atoms with van der Waals surface area (Å²) in [6.45, 7) is 0. The molecule has 10 aromatic carbocycles. The summed E-state index contributed by atoms with van der Waals surface area (Å²) in [5.41, 5.74) is 16.5. The Morgan fingerprint density at radius 3 is 1.05 bits per heavy atom. The van der Waals surface area contributed by atoms with Gasteiger partial charge in [-0.05, 0) is 264 Å². The van der Waals surface area contributed by atoms with Crippen molar-refractivity contribution in [2.24, 2.45) is 27.0 Å². The largest absolute Gasteiger partial charge is 1.00 e. The zero-order valence-corrected chi connectivity index (χ0v) is 84.8. The van der Waals surface area contributed by atoms with Crippen LogP contribution >= 0.6 is 113 Å². The summed E-state index contributed by atoms with van der Waals surface area (Å²) >= 11 is 33.0. The van der Waals surface area contributed by atoms with Gasteiger partial charge in [0.2, 0.25) is 0 Å². The van der Waals surface area contributed by atoms with E-state index in [0.29, 0.717) is 40.1 Å². The minimum Gasteiger partial charge on any atom is -0.744 e. The number of thiocarbonyl (C=S) groups is 4. The van der Waals surface area contributed by atoms with Crippen LogP contribution in [0.25, 0.3) is 45.8 Å². The van der Waals surface area contributed by atoms with Crippen LogP contribution in [0.3, 0.4) is 0 Å². The van der Waals surface area contributed by atoms with E-state index in [1.54, 1.807) is 36.4 Å². The number of isothiocyanates is 1. The topological polar surface area (TPSA) is 495 Å². The summed E-state index contributed by atoms with van der Waals surface area (Å²) in [4.78, 5) is 54.8. The maximum Gasteiger partial charge on any atom is 1.00 e. The number of aliphatic imine (C=N–C) groups is 1. The van der Waals surface area contributed by atoms with Gasteiger partial charge in [0, 0.05) is 24.1 Å². The Morgan fingerprint density at radius 2 is 0.730 bits per heavy atom. The van der Waals surface area contributed by atoms with Gasteiger partial charge in [0.1, 0.15) is 63.8 Å². The molecule has 10 aromatic rings. The average Bonchev–Trinajstić information content (AvgIpc) is 0.805. The first-order valence-electron chi connectivity index (χ1n) is 33.3. The third-order valence-corrected chi connectivity index (χ3v) is 23.2. The molecule has 10 rings (SSSR count). The van der Waals surface area contributed by atoms with E-state index in [-0.39, 0.29) is 203 Å². The predicted molar refractivity (Wildman–Crippen MR) is 471 cm³/mol. The fraction of sp³-hybridized carbons (Fsp3) is 0.0667. The van der Waals surface area contributed by atoms with E-state index in [0.717, 1.165) is 70.1 Å². The normalized spacial score (nSPS) is 11.8. The zero-order chi connectivity index (χ0) is 86.0. The minimum atomic E-state index is -5.14. The van der Waals surface area contributed by atoms with Gasteiger partial charge in [-0.1, -0.05) is 133 Å². The molecule has 2 unspecified atom stereocenters. The first kappa shape index (κ1) is 106. The molecule has 0 aromatic heterocycles. The number of halogens is 4. The number of hydrazine groups is 2. The molecule has 0 aliphatic rings. The van der Waals surface area contributed by atoms with Gasteiger partial charge in [-0.3, -0.25) is 40.9 Å². The number of hydrogen-bond acceptors (Lipinski definition) is 25. The van der Waals surface area contributed by atoms with E-state index >= 15 is 0 Å². The van der Waals surface area contributed by atoms with E-state index in [4.69, 9.17) is 36.7 Å². The Hall–Kier alpha value is -6.55. The van der Waals surface area contributed by atoms with E-state index in [1.165, 1.54) is 68.0 Å². The fourth-order valence-electron chi connectivity index (χ4n) is 10.8. The summed E-state index contributed by atoms with van der Waals surface area (Å²) in [6, 6.07) is 46.7. The Kier molecular flexibility index (Phi) is 42.1. The summed E-state index contributed by atoms with van der Waals surface area (Å²) < 4.78 is 147. The number of fused-ring (bicyclic) bond motifs is 2. The SMILES string of the molecule is CNC(=S)Nc1ccc(/C=C/c2ccc(NC(=S)NNC(=O)C(Cc3ccc4ccccc4c3)C(=O)N/N=C/c3cc(Br)c(O)c(Br)c3)cc2S(=O)(=O)[O-])c(S(=O)(=O)[O-])c1.O=C(N/N=C/c1cc(Br)c(O)c(Br)c1)C(Cc1ccc2ccccc2c1)C(=O)NNC(=S)Nc1ccc(/C=C/c2ccc(N=C=S)cc2S(=O)(=O)[O-])c(S(=O)(=O)[O-])c1.[Na+].[Na+].[Na+].[Na+]. The second-order valence-corrected chi connectivity index (χ2v) is 34.7. The average molecular weight is 2100 g/mol. The number of hydrogen-bond donors (Lipinski definition) is 12. The molecule has 0 spiro atoms. The molecule has 0 heterocycles. The van der Waals surface area contributed by atoms with Gasteiger partial charge in [0.25, 0.3) is 23.6 Å². The third-order valence-electron chi connectivity index (χ3n) is 16.4. The van der Waals surface area contributed by atoms with Crippen molar-refractivity contribution in [2.75, 3.05) is 23.0 Å². The zero-order valence-electron chi connectivity index (χ0n) is 63.9. The van der Waals surface area contributed by atoms with Gasteiger partial charge >= 0.3 is 118 Å². The van der Waals surface area contributed by atoms with Crippen LogP contribution < -0.4 is 172 Å². The van der Waals surface area contributed by atoms with Crippen LogP contribution in [-0.4, -0.2) is 126 Å². The van der Waals surface area contributed by atoms with E-state index < -0.39 is 95.5 Å². The monoisotopic (exact) mass is 2090 g/mol. The Balaban J connectivity index is 0.000000420. The number of carbonyl (C=O) groups excluding carboxylic acids is 4. The van der Waals surface area contributed by atoms with Gasteiger partial charge in [0.05, 0.1) is 60.8 Å². The van der Waals surface area contributed by atoms with Crippen molar-refractivity contribution in [3.8, 4) is 11.5 Å². The van der Waals surface area contributed by atoms with Gasteiger partial charge in [0.15, 0.2) is 15.3 Å². The van der Waals surface area contributed by atoms with Crippen LogP contribution in [0.5, 0.6) is 11.5 Å². The molecule has 0 aliphatic heterocycles. The van der Waals surface area contributed by atoms with Crippen molar-refractivity contribution in [1.82, 2.24) is 37.9 Å². The van der Waals surface area contributed by atoms with Crippen molar-refractivity contribution in [2.45, 2.75) is 32.4 Å². The molecule has 2 atom stereocenters. The summed E-state index contributed by atoms with van der Waals surface area (Å²) in [5, 5.41) is 43.9. The molecular weight excluding hydrogens is 2040 g/mol. The second kappa shape index (κ2) is 48.4. The number of phenolic OH excluding ortho intramolecular Hbond substituents is 2. The number of aromatic hydroxyl groups is 2. The molecule has 0 radical (unpaired) electrons. The molecule has 0 saturated carbocycles. The molecule has 0 bridgehead atoms. The van der Waals surface area contributed by atoms with Crippen molar-refractivity contribution >= 4 is 278 Å². The maximum atomic E-state index is 13.5. The number of hydrazone groups is 2. The second-order valence-electron chi connectivity index (χ2n) is 24.5. The van der Waals surface area contributed by atoms with Crippen LogP contribution in [0, 0.1) is 11.8 Å². The number of nitrogens with zero attached hydrogens (tertiary/aromatic N) is 3. The number of nitrogens with one attached hydrogen (secondary N) is 10. The Bertz CT molecular complexity index is 6340. The molecular formula is C75H57Br4N13Na4O18S8. The molecule has 31 nitrogen and oxygen atoms in total. The standard InChI is InChI=1S/C38H33Br2N7O9S4.C37H28Br2N6O9S4.4Na/c1-41-37(57)43-27-12-10-24(32(18-27)59(51,52)53)8-9-25-11-13-28(19-33(25)60(54,55)56)44-38(58)47-46-36(50)29(15-21-6-7-23-4-2-3-5-26(23)14-21)35(49)45-42-20-22-16-30(39)34(48)31(40)17-22;38-30-15-22(16-31(39)34(30)46)19-41-43-35(47)29(14-21-5-6-23-3-1-2-4-26(23)13-21)36(48)44-45-37(56)42-28-12-10-25(33(18-28)58(52,53)54)8-7-24-9-11-27(40-20-55)17-32(24)57(49,50)51;;;;/h2-14,16-20,29,48H,15H2,1H3,(H,45,49)(H,46,50)(H2,41,43,57)(H2,44,47,58)(H,51,52,53)(H,54,55,56);1-13,15-19,29,46H,14H2,(H,43,47)(H,44,48)(H2,42,45,56)(H,49,50,51)(H,52,53,54);;;;/q;;4*+1/p-4/b9-8+,42-20+;8-7+,41-19+;;;;. The Labute approximate surface area is 842 Å². The summed E-state index contributed by atoms with van der Waals surface area (Å²) in [6.07, 6.45) is 7.10. The minimum absolute atomic E-state index is 0. The molecule has 0 saturated heterocycles. The molecule has 4 amide bonds. The third kappa shape index (κ3) is 31.2. The fourth-order valence-corrected chi connectivity index (χ4v) is 16.6. The van der Waals surface area contributed by atoms with E-state index in [1.807, 2.05) is 72.8 Å². The first-order chi connectivity index (χ1) is 55.7. The van der Waals surface area contributed by atoms with Crippen molar-refractivity contribution in [3.63, 3.8) is 0 Å². The smallest absolute Gasteiger partial charge is 0.744 e. The summed E-state index contributed by atoms with van der Waals surface area (Å²) in [7, 11) is -18.7. The molecule has 610 valence electrons. The van der Waals surface area contributed by atoms with Crippen LogP contribution in [-0.2, 0) is 72.5 Å². The summed E-state index contributed by atoms with van der Waals surface area (Å²) in [5.74, 6) is -5.92. The molecule has 47 heteroatoms. The van der Waals surface area contributed by atoms with Crippen molar-refractivity contribution in [1.29, 1.82) is 0 Å². The number of phenols is 2. The van der Waals surface area contributed by atoms with Crippen LogP contribution in [0.1, 0.15) is 44.5 Å². The van der Waals surface area contributed by atoms with E-state index in [2.05, 4.69) is 150 Å². The van der Waals surface area contributed by atoms with Crippen LogP contribution in [0.15, 0.2) is 235 Å². The molecule has 12 N–H and O–H groups in total. The van der Waals surface area contributed by atoms with Gasteiger partial charge < -0.3 is 49.7 Å². The molecule has 0 aliphatic carbocycles. The number of carbonyl (C=O) groups is 4. The van der Waals surface area contributed by atoms with Gasteiger partial charge in [-0.15, -0.1) is 0 Å². The Morgan fingerprint density at radius 1 is 0.418 bits per heavy atom. The number of rotatable bonds is 24. The van der Waals surface area contributed by atoms with Crippen molar-refractivity contribution < 1.29 is 200 Å². The van der Waals surface area contributed by atoms with E-state index in [9.17, 15) is 81.3 Å². The van der Waals surface area contributed by atoms with Crippen molar-refractivity contribution in [3.05, 3.63) is 244 Å². The molecule has 0 fully saturated rings. The predicted octanol–water partition coefficient (Wildman–Crippen LogP) is -0.582. The number of anilines is 3. The van der Waals surface area contributed by atoms with Gasteiger partial charge in [-0.25, -0.2) is 44.5 Å². The van der Waals surface area contributed by atoms with Crippen LogP contribution in [0.2, 0.25) is 0 Å². The molecule has 122 heavy (non-hydrogen) atoms. The van der Waals surface area contributed by atoms with Gasteiger partial charge in [-0.2, -0.15) is 15.2 Å². The first-order valence-corrected chi connectivity index (χ1v) is 43.7.